The number of fused-ring (bicyclic) bond motifs is 1. The van der Waals surface area contributed by atoms with Gasteiger partial charge in [0.05, 0.1) is 0 Å². The Balaban J connectivity index is 2.18. The molecule has 6 heteroatoms. The minimum atomic E-state index is -0.164. The van der Waals surface area contributed by atoms with Gasteiger partial charge in [0.1, 0.15) is 0 Å². The van der Waals surface area contributed by atoms with Gasteiger partial charge in [0, 0.05) is 21.9 Å². The van der Waals surface area contributed by atoms with Crippen LogP contribution < -0.4 is 0 Å². The third-order valence-corrected chi connectivity index (χ3v) is 3.78. The fourth-order valence-corrected chi connectivity index (χ4v) is 3.17. The molecule has 62 valence electrons. The summed E-state index contributed by atoms with van der Waals surface area (Å²) in [5.74, 6) is 0. The molecular weight excluding hydrogens is 152 g/mol. The second-order valence-electron chi connectivity index (χ2n) is 5.13. The molecule has 13 heavy (non-hydrogen) atoms. The summed E-state index contributed by atoms with van der Waals surface area (Å²) in [7, 11) is 11.6. The van der Waals surface area contributed by atoms with Crippen LogP contribution in [0.3, 0.4) is 0 Å². The highest BCUT2D eigenvalue weighted by molar-refractivity contribution is 7.58. The Hall–Kier alpha value is 0.285. The highest BCUT2D eigenvalue weighted by Gasteiger charge is 2.50. The predicted molar refractivity (Wildman–Crippen MR) is 63.7 cm³/mol. The Morgan fingerprint density at radius 3 is 2.54 bits per heavy atom. The van der Waals surface area contributed by atoms with E-state index in [1.54, 1.807) is 0 Å². The van der Waals surface area contributed by atoms with Crippen molar-refractivity contribution in [3.63, 3.8) is 0 Å². The first-order chi connectivity index (χ1) is 6.02. The Morgan fingerprint density at radius 1 is 1.23 bits per heavy atom. The molecular formula is C7H14B5N. The van der Waals surface area contributed by atoms with Crippen molar-refractivity contribution >= 4 is 35.4 Å². The Bertz CT molecular complexity index is 207. The Kier molecular flexibility index (Phi) is 2.38. The van der Waals surface area contributed by atoms with Gasteiger partial charge in [-0.1, -0.05) is 19.0 Å². The van der Waals surface area contributed by atoms with E-state index in [1.807, 2.05) is 0 Å². The zero-order chi connectivity index (χ0) is 9.64. The lowest BCUT2D eigenvalue weighted by Crippen LogP contribution is -2.56. The summed E-state index contributed by atoms with van der Waals surface area (Å²) in [5.41, 5.74) is 0.322. The fourth-order valence-electron chi connectivity index (χ4n) is 3.17. The molecule has 0 aromatic carbocycles. The maximum atomic E-state index is 5.81. The van der Waals surface area contributed by atoms with E-state index in [2.05, 4.69) is 18.6 Å². The number of hydrogen-bond acceptors (Lipinski definition) is 1. The van der Waals surface area contributed by atoms with Gasteiger partial charge in [-0.2, -0.15) is 0 Å². The smallest absolute Gasteiger partial charge is 0.211 e. The maximum Gasteiger partial charge on any atom is 0.211 e. The molecule has 2 rings (SSSR count). The van der Waals surface area contributed by atoms with Gasteiger partial charge in [0.25, 0.3) is 0 Å². The molecule has 1 nitrogen and oxygen atoms in total. The highest BCUT2D eigenvalue weighted by Crippen LogP contribution is 2.40. The molecule has 4 radical (unpaired) electrons. The average Bonchev–Trinajstić information content (AvgIpc) is 2.53. The van der Waals surface area contributed by atoms with Crippen LogP contribution in [0.2, 0.25) is 19.0 Å². The number of rotatable bonds is 1. The van der Waals surface area contributed by atoms with E-state index in [4.69, 9.17) is 15.5 Å². The summed E-state index contributed by atoms with van der Waals surface area (Å²) < 4.78 is 2.57. The molecule has 0 spiro atoms. The van der Waals surface area contributed by atoms with Gasteiger partial charge in [-0.05, 0) is 25.8 Å². The van der Waals surface area contributed by atoms with Crippen molar-refractivity contribution in [2.45, 2.75) is 44.8 Å². The van der Waals surface area contributed by atoms with E-state index in [0.717, 1.165) is 6.85 Å². The lowest BCUT2D eigenvalue weighted by molar-refractivity contribution is 0.359. The third kappa shape index (κ3) is 1.52. The maximum absolute atomic E-state index is 5.81. The minimum absolute atomic E-state index is 0.164. The van der Waals surface area contributed by atoms with E-state index in [-0.39, 0.29) is 6.39 Å². The van der Waals surface area contributed by atoms with E-state index >= 15 is 0 Å². The average molecular weight is 166 g/mol. The molecule has 0 bridgehead atoms. The summed E-state index contributed by atoms with van der Waals surface area (Å²) in [5, 5.41) is 0. The largest absolute Gasteiger partial charge is 0.386 e. The first-order valence-corrected chi connectivity index (χ1v) is 5.32. The molecule has 0 saturated carbocycles. The Morgan fingerprint density at radius 2 is 1.92 bits per heavy atom. The van der Waals surface area contributed by atoms with Crippen LogP contribution in [0.1, 0.15) is 20.3 Å². The fraction of sp³-hybridized carbons (Fsp3) is 1.00. The van der Waals surface area contributed by atoms with Crippen molar-refractivity contribution in [1.82, 2.24) is 4.72 Å². The van der Waals surface area contributed by atoms with Gasteiger partial charge in [-0.3, -0.25) is 0 Å². The normalized spacial score (nSPS) is 26.6. The molecule has 2 saturated heterocycles. The lowest BCUT2D eigenvalue weighted by Gasteiger charge is -2.38. The molecule has 2 aliphatic heterocycles. The topological polar surface area (TPSA) is 3.24 Å². The summed E-state index contributed by atoms with van der Waals surface area (Å²) >= 11 is 0. The van der Waals surface area contributed by atoms with Crippen LogP contribution >= 0.6 is 0 Å². The predicted octanol–water partition coefficient (Wildman–Crippen LogP) is 0.371. The first kappa shape index (κ1) is 9.83. The molecule has 0 aromatic rings. The second kappa shape index (κ2) is 3.15. The van der Waals surface area contributed by atoms with Crippen LogP contribution in [0.25, 0.3) is 0 Å². The molecule has 2 aliphatic rings. The van der Waals surface area contributed by atoms with Crippen LogP contribution in [-0.2, 0) is 0 Å². The highest BCUT2D eigenvalue weighted by atomic mass is 15.1. The van der Waals surface area contributed by atoms with Crippen LogP contribution in [0.15, 0.2) is 0 Å². The standard InChI is InChI=1S/C7H14B5N/c1-7(2)3-4-10-5-6-11(12(8)9)13(7)10/h3-6H2,1-2H3. The monoisotopic (exact) mass is 167 g/mol. The van der Waals surface area contributed by atoms with Gasteiger partial charge < -0.3 is 4.72 Å². The van der Waals surface area contributed by atoms with Crippen molar-refractivity contribution in [2.24, 2.45) is 0 Å². The zero-order valence-electron chi connectivity index (χ0n) is 8.66. The Labute approximate surface area is 85.4 Å². The van der Waals surface area contributed by atoms with Crippen molar-refractivity contribution < 1.29 is 0 Å². The van der Waals surface area contributed by atoms with Gasteiger partial charge in [-0.25, -0.2) is 0 Å². The summed E-state index contributed by atoms with van der Waals surface area (Å²) in [6.07, 6.45) is 4.93. The molecule has 0 unspecified atom stereocenters. The molecule has 0 amide bonds. The molecule has 0 aromatic heterocycles. The van der Waals surface area contributed by atoms with Crippen molar-refractivity contribution in [2.75, 3.05) is 0 Å². The van der Waals surface area contributed by atoms with Crippen LogP contribution in [0.4, 0.5) is 0 Å². The molecule has 0 atom stereocenters. The number of nitrogens with zero attached hydrogens (tertiary/aromatic N) is 1. The van der Waals surface area contributed by atoms with Crippen LogP contribution in [0.5, 0.6) is 0 Å². The van der Waals surface area contributed by atoms with Gasteiger partial charge in [0.15, 0.2) is 6.74 Å². The lowest BCUT2D eigenvalue weighted by atomic mass is 8.95. The van der Waals surface area contributed by atoms with E-state index < -0.39 is 0 Å². The van der Waals surface area contributed by atoms with Crippen molar-refractivity contribution in [1.29, 1.82) is 0 Å². The van der Waals surface area contributed by atoms with Crippen LogP contribution in [-0.4, -0.2) is 45.7 Å². The van der Waals surface area contributed by atoms with Crippen molar-refractivity contribution in [3.05, 3.63) is 0 Å². The summed E-state index contributed by atoms with van der Waals surface area (Å²) in [6, 6.07) is 0. The molecule has 0 N–H and O–H groups in total. The summed E-state index contributed by atoms with van der Waals surface area (Å²) in [6.45, 7) is 5.80. The summed E-state index contributed by atoms with van der Waals surface area (Å²) in [4.78, 5) is 0. The van der Waals surface area contributed by atoms with Crippen LogP contribution in [0, 0.1) is 0 Å². The zero-order valence-corrected chi connectivity index (χ0v) is 8.66. The first-order valence-electron chi connectivity index (χ1n) is 5.32. The molecule has 0 aliphatic carbocycles. The molecule has 2 fully saturated rings. The second-order valence-corrected chi connectivity index (χ2v) is 5.13. The van der Waals surface area contributed by atoms with Crippen molar-refractivity contribution in [3.8, 4) is 0 Å². The third-order valence-electron chi connectivity index (χ3n) is 3.78. The minimum Gasteiger partial charge on any atom is -0.386 e. The SMILES string of the molecule is [B]B([B])B1CCB2CCC(C)(C)N21. The van der Waals surface area contributed by atoms with E-state index in [9.17, 15) is 0 Å². The quantitative estimate of drug-likeness (QED) is 0.509. The van der Waals surface area contributed by atoms with Gasteiger partial charge >= 0.3 is 0 Å². The van der Waals surface area contributed by atoms with Gasteiger partial charge in [-0.15, -0.1) is 0 Å². The molecule has 2 heterocycles. The van der Waals surface area contributed by atoms with Gasteiger partial charge in [0.2, 0.25) is 6.85 Å². The van der Waals surface area contributed by atoms with E-state index in [1.165, 1.54) is 25.4 Å². The number of hydrogen-bond donors (Lipinski definition) is 0. The van der Waals surface area contributed by atoms with E-state index in [0.29, 0.717) is 12.3 Å².